The normalized spacial score (nSPS) is 11.6. The summed E-state index contributed by atoms with van der Waals surface area (Å²) in [4.78, 5) is 10.3. The maximum atomic E-state index is 9.73. The molecule has 0 saturated heterocycles. The van der Waals surface area contributed by atoms with Gasteiger partial charge in [-0.1, -0.05) is 18.5 Å². The molecular formula is C11H18ClN3O. The van der Waals surface area contributed by atoms with Gasteiger partial charge in [0.25, 0.3) is 0 Å². The van der Waals surface area contributed by atoms with Crippen molar-refractivity contribution in [2.45, 2.75) is 32.8 Å². The van der Waals surface area contributed by atoms with Gasteiger partial charge in [-0.2, -0.15) is 0 Å². The molecule has 16 heavy (non-hydrogen) atoms. The van der Waals surface area contributed by atoms with E-state index in [2.05, 4.69) is 9.97 Å². The molecule has 0 radical (unpaired) electrons. The van der Waals surface area contributed by atoms with E-state index in [1.54, 1.807) is 19.9 Å². The molecule has 0 bridgehead atoms. The highest BCUT2D eigenvalue weighted by molar-refractivity contribution is 6.29. The second-order valence-corrected chi connectivity index (χ2v) is 4.87. The molecule has 1 rings (SSSR count). The first-order chi connectivity index (χ1) is 7.31. The van der Waals surface area contributed by atoms with Gasteiger partial charge < -0.3 is 10.0 Å². The van der Waals surface area contributed by atoms with Crippen molar-refractivity contribution in [1.82, 2.24) is 9.97 Å². The summed E-state index contributed by atoms with van der Waals surface area (Å²) in [5.41, 5.74) is -0.765. The molecule has 1 aromatic rings. The van der Waals surface area contributed by atoms with Crippen molar-refractivity contribution in [3.63, 3.8) is 0 Å². The highest BCUT2D eigenvalue weighted by Gasteiger charge is 2.17. The van der Waals surface area contributed by atoms with E-state index in [1.165, 1.54) is 0 Å². The first-order valence-corrected chi connectivity index (χ1v) is 5.66. The first kappa shape index (κ1) is 13.2. The summed E-state index contributed by atoms with van der Waals surface area (Å²) >= 11 is 5.90. The van der Waals surface area contributed by atoms with Crippen molar-refractivity contribution in [2.75, 3.05) is 18.5 Å². The summed E-state index contributed by atoms with van der Waals surface area (Å²) in [6.07, 6.45) is 0.740. The predicted octanol–water partition coefficient (Wildman–Crippen LogP) is 1.90. The van der Waals surface area contributed by atoms with E-state index in [9.17, 15) is 5.11 Å². The van der Waals surface area contributed by atoms with Crippen LogP contribution in [0.5, 0.6) is 0 Å². The smallest absolute Gasteiger partial charge is 0.134 e. The lowest BCUT2D eigenvalue weighted by Crippen LogP contribution is -2.36. The zero-order valence-electron chi connectivity index (χ0n) is 10.2. The fourth-order valence-electron chi connectivity index (χ4n) is 1.47. The van der Waals surface area contributed by atoms with Gasteiger partial charge in [0.05, 0.1) is 5.60 Å². The quantitative estimate of drug-likeness (QED) is 0.821. The number of nitrogens with zero attached hydrogens (tertiary/aromatic N) is 3. The summed E-state index contributed by atoms with van der Waals surface area (Å²) in [5.74, 6) is 1.45. The Hall–Kier alpha value is -0.870. The predicted molar refractivity (Wildman–Crippen MR) is 66.0 cm³/mol. The molecule has 0 aliphatic rings. The fourth-order valence-corrected chi connectivity index (χ4v) is 1.66. The Morgan fingerprint density at radius 3 is 2.56 bits per heavy atom. The van der Waals surface area contributed by atoms with Gasteiger partial charge in [0.2, 0.25) is 0 Å². The molecule has 4 nitrogen and oxygen atoms in total. The van der Waals surface area contributed by atoms with E-state index >= 15 is 0 Å². The van der Waals surface area contributed by atoms with E-state index in [0.29, 0.717) is 17.5 Å². The molecular weight excluding hydrogens is 226 g/mol. The minimum absolute atomic E-state index is 0.435. The zero-order chi connectivity index (χ0) is 12.3. The summed E-state index contributed by atoms with van der Waals surface area (Å²) < 4.78 is 0. The minimum Gasteiger partial charge on any atom is -0.389 e. The maximum absolute atomic E-state index is 9.73. The number of aromatic nitrogens is 2. The monoisotopic (exact) mass is 243 g/mol. The number of aliphatic hydroxyl groups is 1. The van der Waals surface area contributed by atoms with Crippen molar-refractivity contribution in [2.24, 2.45) is 0 Å². The van der Waals surface area contributed by atoms with E-state index < -0.39 is 5.60 Å². The van der Waals surface area contributed by atoms with Gasteiger partial charge in [0.1, 0.15) is 16.8 Å². The van der Waals surface area contributed by atoms with Gasteiger partial charge in [0, 0.05) is 26.1 Å². The number of halogens is 1. The molecule has 1 heterocycles. The van der Waals surface area contributed by atoms with Crippen LogP contribution in [0.1, 0.15) is 26.6 Å². The van der Waals surface area contributed by atoms with Crippen molar-refractivity contribution in [1.29, 1.82) is 0 Å². The molecule has 1 N–H and O–H groups in total. The first-order valence-electron chi connectivity index (χ1n) is 5.29. The maximum Gasteiger partial charge on any atom is 0.134 e. The molecule has 90 valence electrons. The van der Waals surface area contributed by atoms with Gasteiger partial charge in [-0.15, -0.1) is 0 Å². The third-order valence-corrected chi connectivity index (χ3v) is 2.25. The van der Waals surface area contributed by atoms with Crippen LogP contribution in [0.3, 0.4) is 0 Å². The Bertz CT molecular complexity index is 363. The standard InChI is InChI=1S/C11H18ClN3O/c1-5-9-13-8(12)6-10(14-9)15(4)7-11(2,3)16/h6,16H,5,7H2,1-4H3. The SMILES string of the molecule is CCc1nc(Cl)cc(N(C)CC(C)(C)O)n1. The second kappa shape index (κ2) is 4.97. The van der Waals surface area contributed by atoms with Crippen LogP contribution in [0, 0.1) is 0 Å². The average molecular weight is 244 g/mol. The van der Waals surface area contributed by atoms with Gasteiger partial charge in [0.15, 0.2) is 0 Å². The molecule has 5 heteroatoms. The van der Waals surface area contributed by atoms with E-state index in [-0.39, 0.29) is 0 Å². The summed E-state index contributed by atoms with van der Waals surface area (Å²) in [6.45, 7) is 5.98. The number of hydrogen-bond donors (Lipinski definition) is 1. The van der Waals surface area contributed by atoms with E-state index in [4.69, 9.17) is 11.6 Å². The summed E-state index contributed by atoms with van der Waals surface area (Å²) in [5, 5.41) is 10.2. The van der Waals surface area contributed by atoms with Crippen molar-refractivity contribution in [3.8, 4) is 0 Å². The Labute approximate surface area is 101 Å². The molecule has 0 saturated carbocycles. The Morgan fingerprint density at radius 1 is 1.44 bits per heavy atom. The second-order valence-electron chi connectivity index (χ2n) is 4.49. The molecule has 0 spiro atoms. The Kier molecular flexibility index (Phi) is 4.10. The molecule has 0 aromatic carbocycles. The van der Waals surface area contributed by atoms with Crippen molar-refractivity contribution in [3.05, 3.63) is 17.0 Å². The lowest BCUT2D eigenvalue weighted by Gasteiger charge is -2.26. The average Bonchev–Trinajstić information content (AvgIpc) is 2.14. The van der Waals surface area contributed by atoms with Crippen LogP contribution in [-0.2, 0) is 6.42 Å². The van der Waals surface area contributed by atoms with Crippen LogP contribution in [0.4, 0.5) is 5.82 Å². The summed E-state index contributed by atoms with van der Waals surface area (Å²) in [7, 11) is 1.87. The highest BCUT2D eigenvalue weighted by atomic mass is 35.5. The highest BCUT2D eigenvalue weighted by Crippen LogP contribution is 2.17. The Morgan fingerprint density at radius 2 is 2.06 bits per heavy atom. The van der Waals surface area contributed by atoms with Gasteiger partial charge in [-0.25, -0.2) is 9.97 Å². The number of likely N-dealkylation sites (N-methyl/N-ethyl adjacent to an activating group) is 1. The number of aryl methyl sites for hydroxylation is 1. The van der Waals surface area contributed by atoms with Gasteiger partial charge in [-0.05, 0) is 13.8 Å². The van der Waals surface area contributed by atoms with Gasteiger partial charge >= 0.3 is 0 Å². The molecule has 0 aliphatic heterocycles. The van der Waals surface area contributed by atoms with Crippen LogP contribution >= 0.6 is 11.6 Å². The van der Waals surface area contributed by atoms with Crippen LogP contribution < -0.4 is 4.90 Å². The van der Waals surface area contributed by atoms with E-state index in [1.807, 2.05) is 18.9 Å². The minimum atomic E-state index is -0.765. The topological polar surface area (TPSA) is 49.2 Å². The van der Waals surface area contributed by atoms with Crippen LogP contribution in [0.15, 0.2) is 6.07 Å². The van der Waals surface area contributed by atoms with Crippen LogP contribution in [0.25, 0.3) is 0 Å². The third kappa shape index (κ3) is 3.94. The van der Waals surface area contributed by atoms with Crippen molar-refractivity contribution >= 4 is 17.4 Å². The largest absolute Gasteiger partial charge is 0.389 e. The Balaban J connectivity index is 2.90. The number of hydrogen-bond acceptors (Lipinski definition) is 4. The number of anilines is 1. The summed E-state index contributed by atoms with van der Waals surface area (Å²) in [6, 6.07) is 1.70. The zero-order valence-corrected chi connectivity index (χ0v) is 10.9. The van der Waals surface area contributed by atoms with E-state index in [0.717, 1.165) is 12.2 Å². The van der Waals surface area contributed by atoms with Gasteiger partial charge in [-0.3, -0.25) is 0 Å². The van der Waals surface area contributed by atoms with Crippen LogP contribution in [-0.4, -0.2) is 34.3 Å². The van der Waals surface area contributed by atoms with Crippen molar-refractivity contribution < 1.29 is 5.11 Å². The molecule has 0 aliphatic carbocycles. The lowest BCUT2D eigenvalue weighted by molar-refractivity contribution is 0.0884. The fraction of sp³-hybridized carbons (Fsp3) is 0.636. The molecule has 0 atom stereocenters. The molecule has 1 aromatic heterocycles. The molecule has 0 unspecified atom stereocenters. The number of rotatable bonds is 4. The lowest BCUT2D eigenvalue weighted by atomic mass is 10.1. The van der Waals surface area contributed by atoms with Crippen LogP contribution in [0.2, 0.25) is 5.15 Å². The third-order valence-electron chi connectivity index (χ3n) is 2.06. The molecule has 0 fully saturated rings. The molecule has 0 amide bonds.